The van der Waals surface area contributed by atoms with Crippen molar-refractivity contribution < 1.29 is 4.79 Å². The number of nitrogens with zero attached hydrogens (tertiary/aromatic N) is 3. The van der Waals surface area contributed by atoms with E-state index in [0.717, 1.165) is 59.2 Å². The number of fused-ring (bicyclic) bond motifs is 1. The molecule has 2 aromatic carbocycles. The van der Waals surface area contributed by atoms with Gasteiger partial charge < -0.3 is 5.32 Å². The number of aromatic nitrogens is 3. The second-order valence-electron chi connectivity index (χ2n) is 9.26. The Morgan fingerprint density at radius 2 is 1.91 bits per heavy atom. The van der Waals surface area contributed by atoms with Crippen LogP contribution in [0.2, 0.25) is 0 Å². The second kappa shape index (κ2) is 10.3. The topological polar surface area (TPSA) is 59.8 Å². The summed E-state index contributed by atoms with van der Waals surface area (Å²) in [5, 5.41) is 8.66. The maximum Gasteiger partial charge on any atom is 0.252 e. The predicted molar refractivity (Wildman–Crippen MR) is 142 cm³/mol. The number of carbonyl (C=O) groups excluding carboxylic acids is 1. The normalized spacial score (nSPS) is 13.6. The summed E-state index contributed by atoms with van der Waals surface area (Å²) in [6.45, 7) is 4.85. The lowest BCUT2D eigenvalue weighted by atomic mass is 9.97. The first-order valence-corrected chi connectivity index (χ1v) is 12.6. The van der Waals surface area contributed by atoms with Crippen LogP contribution in [-0.4, -0.2) is 27.2 Å². The number of benzene rings is 2. The van der Waals surface area contributed by atoms with Crippen molar-refractivity contribution in [2.75, 3.05) is 6.54 Å². The summed E-state index contributed by atoms with van der Waals surface area (Å²) in [7, 11) is 0. The molecule has 0 saturated heterocycles. The van der Waals surface area contributed by atoms with Crippen LogP contribution in [0.25, 0.3) is 27.8 Å². The van der Waals surface area contributed by atoms with Gasteiger partial charge in [-0.05, 0) is 75.3 Å². The minimum Gasteiger partial charge on any atom is -0.352 e. The fraction of sp³-hybridized carbons (Fsp3) is 0.300. The zero-order chi connectivity index (χ0) is 24.2. The third-order valence-electron chi connectivity index (χ3n) is 6.95. The SMILES string of the molecule is CCc1ccc(-n2ncc(-c3cc(C(=O)NCCC4=CCCCC4)c4ccccc4n3)c2C)cc1. The Labute approximate surface area is 206 Å². The van der Waals surface area contributed by atoms with Crippen LogP contribution in [-0.2, 0) is 6.42 Å². The average Bonchev–Trinajstić information content (AvgIpc) is 3.29. The fourth-order valence-electron chi connectivity index (χ4n) is 4.86. The highest BCUT2D eigenvalue weighted by atomic mass is 16.1. The number of hydrogen-bond donors (Lipinski definition) is 1. The van der Waals surface area contributed by atoms with Crippen LogP contribution in [0.4, 0.5) is 0 Å². The highest BCUT2D eigenvalue weighted by Gasteiger charge is 2.17. The molecule has 5 heteroatoms. The first-order valence-electron chi connectivity index (χ1n) is 12.6. The van der Waals surface area contributed by atoms with Gasteiger partial charge in [0.2, 0.25) is 0 Å². The van der Waals surface area contributed by atoms with E-state index in [2.05, 4.69) is 47.7 Å². The van der Waals surface area contributed by atoms with E-state index in [-0.39, 0.29) is 5.91 Å². The van der Waals surface area contributed by atoms with Crippen LogP contribution in [0.15, 0.2) is 72.4 Å². The Kier molecular flexibility index (Phi) is 6.75. The van der Waals surface area contributed by atoms with Crippen LogP contribution in [0.3, 0.4) is 0 Å². The molecule has 0 saturated carbocycles. The Hall–Kier alpha value is -3.73. The molecule has 2 aromatic heterocycles. The Balaban J connectivity index is 1.45. The first-order chi connectivity index (χ1) is 17.1. The Morgan fingerprint density at radius 3 is 2.69 bits per heavy atom. The second-order valence-corrected chi connectivity index (χ2v) is 9.26. The lowest BCUT2D eigenvalue weighted by molar-refractivity contribution is 0.0955. The van der Waals surface area contributed by atoms with E-state index in [9.17, 15) is 4.79 Å². The number of amides is 1. The number of hydrogen-bond acceptors (Lipinski definition) is 3. The predicted octanol–water partition coefficient (Wildman–Crippen LogP) is 6.58. The number of allylic oxidation sites excluding steroid dienone is 1. The number of para-hydroxylation sites is 1. The quantitative estimate of drug-likeness (QED) is 0.314. The van der Waals surface area contributed by atoms with Gasteiger partial charge in [-0.3, -0.25) is 4.79 Å². The van der Waals surface area contributed by atoms with E-state index < -0.39 is 0 Å². The minimum atomic E-state index is -0.0542. The highest BCUT2D eigenvalue weighted by Crippen LogP contribution is 2.28. The molecule has 5 nitrogen and oxygen atoms in total. The molecule has 0 fully saturated rings. The third kappa shape index (κ3) is 4.90. The minimum absolute atomic E-state index is 0.0542. The molecule has 178 valence electrons. The van der Waals surface area contributed by atoms with Crippen molar-refractivity contribution in [2.45, 2.75) is 52.4 Å². The standard InChI is InChI=1S/C30H32N4O/c1-3-22-13-15-24(16-14-22)34-21(2)27(20-32-34)29-19-26(25-11-7-8-12-28(25)33-29)30(35)31-18-17-23-9-5-4-6-10-23/h7-9,11-16,19-20H,3-6,10,17-18H2,1-2H3,(H,31,35). The average molecular weight is 465 g/mol. The molecule has 2 heterocycles. The highest BCUT2D eigenvalue weighted by molar-refractivity contribution is 6.07. The number of rotatable bonds is 7. The molecule has 0 aliphatic heterocycles. The van der Waals surface area contributed by atoms with E-state index >= 15 is 0 Å². The maximum atomic E-state index is 13.3. The molecule has 1 aliphatic rings. The molecular formula is C30H32N4O. The number of pyridine rings is 1. The van der Waals surface area contributed by atoms with E-state index in [0.29, 0.717) is 12.1 Å². The summed E-state index contributed by atoms with van der Waals surface area (Å²) in [5.74, 6) is -0.0542. The lowest BCUT2D eigenvalue weighted by Crippen LogP contribution is -2.25. The molecule has 5 rings (SSSR count). The van der Waals surface area contributed by atoms with Gasteiger partial charge >= 0.3 is 0 Å². The van der Waals surface area contributed by atoms with Crippen LogP contribution < -0.4 is 5.32 Å². The smallest absolute Gasteiger partial charge is 0.252 e. The van der Waals surface area contributed by atoms with Gasteiger partial charge in [0, 0.05) is 17.5 Å². The molecule has 0 radical (unpaired) electrons. The fourth-order valence-corrected chi connectivity index (χ4v) is 4.86. The molecule has 0 spiro atoms. The van der Waals surface area contributed by atoms with Crippen LogP contribution in [0, 0.1) is 6.92 Å². The van der Waals surface area contributed by atoms with Crippen molar-refractivity contribution in [2.24, 2.45) is 0 Å². The zero-order valence-corrected chi connectivity index (χ0v) is 20.6. The van der Waals surface area contributed by atoms with E-state index in [1.807, 2.05) is 48.1 Å². The van der Waals surface area contributed by atoms with Gasteiger partial charge in [-0.25, -0.2) is 9.67 Å². The summed E-state index contributed by atoms with van der Waals surface area (Å²) in [4.78, 5) is 18.2. The molecular weight excluding hydrogens is 432 g/mol. The first kappa shape index (κ1) is 23.0. The summed E-state index contributed by atoms with van der Waals surface area (Å²) in [6.07, 6.45) is 11.0. The Bertz CT molecular complexity index is 1380. The van der Waals surface area contributed by atoms with Crippen molar-refractivity contribution in [3.05, 3.63) is 89.3 Å². The van der Waals surface area contributed by atoms with E-state index in [1.54, 1.807) is 0 Å². The van der Waals surface area contributed by atoms with Gasteiger partial charge in [0.25, 0.3) is 5.91 Å². The van der Waals surface area contributed by atoms with Crippen molar-refractivity contribution in [1.29, 1.82) is 0 Å². The molecule has 1 amide bonds. The largest absolute Gasteiger partial charge is 0.352 e. The molecule has 4 aromatic rings. The monoisotopic (exact) mass is 464 g/mol. The van der Waals surface area contributed by atoms with Crippen LogP contribution >= 0.6 is 0 Å². The molecule has 0 unspecified atom stereocenters. The molecule has 0 bridgehead atoms. The molecule has 1 aliphatic carbocycles. The maximum absolute atomic E-state index is 13.3. The summed E-state index contributed by atoms with van der Waals surface area (Å²) >= 11 is 0. The van der Waals surface area contributed by atoms with Crippen molar-refractivity contribution >= 4 is 16.8 Å². The number of aryl methyl sites for hydroxylation is 1. The van der Waals surface area contributed by atoms with Crippen LogP contribution in [0.5, 0.6) is 0 Å². The van der Waals surface area contributed by atoms with Crippen molar-refractivity contribution in [3.8, 4) is 16.9 Å². The van der Waals surface area contributed by atoms with Gasteiger partial charge in [0.1, 0.15) is 0 Å². The van der Waals surface area contributed by atoms with Gasteiger partial charge in [-0.1, -0.05) is 48.9 Å². The van der Waals surface area contributed by atoms with E-state index in [4.69, 9.17) is 4.98 Å². The lowest BCUT2D eigenvalue weighted by Gasteiger charge is -2.14. The number of nitrogens with one attached hydrogen (secondary N) is 1. The molecule has 0 atom stereocenters. The summed E-state index contributed by atoms with van der Waals surface area (Å²) in [6, 6.07) is 18.2. The van der Waals surface area contributed by atoms with E-state index in [1.165, 1.54) is 24.0 Å². The Morgan fingerprint density at radius 1 is 1.09 bits per heavy atom. The van der Waals surface area contributed by atoms with Crippen LogP contribution in [0.1, 0.15) is 60.6 Å². The molecule has 35 heavy (non-hydrogen) atoms. The van der Waals surface area contributed by atoms with Gasteiger partial charge in [0.15, 0.2) is 0 Å². The summed E-state index contributed by atoms with van der Waals surface area (Å²) < 4.78 is 1.93. The van der Waals surface area contributed by atoms with Gasteiger partial charge in [0.05, 0.1) is 34.4 Å². The van der Waals surface area contributed by atoms with Gasteiger partial charge in [-0.15, -0.1) is 0 Å². The summed E-state index contributed by atoms with van der Waals surface area (Å²) in [5.41, 5.74) is 7.92. The third-order valence-corrected chi connectivity index (χ3v) is 6.95. The van der Waals surface area contributed by atoms with Gasteiger partial charge in [-0.2, -0.15) is 5.10 Å². The van der Waals surface area contributed by atoms with Crippen molar-refractivity contribution in [1.82, 2.24) is 20.1 Å². The molecule has 1 N–H and O–H groups in total. The van der Waals surface area contributed by atoms with Crippen molar-refractivity contribution in [3.63, 3.8) is 0 Å². The number of carbonyl (C=O) groups is 1. The zero-order valence-electron chi connectivity index (χ0n) is 20.6.